The number of rotatable bonds is 4. The van der Waals surface area contributed by atoms with Crippen LogP contribution in [0.5, 0.6) is 0 Å². The van der Waals surface area contributed by atoms with E-state index in [0.717, 1.165) is 16.8 Å². The Labute approximate surface area is 124 Å². The van der Waals surface area contributed by atoms with Crippen molar-refractivity contribution < 1.29 is 4.79 Å². The highest BCUT2D eigenvalue weighted by Crippen LogP contribution is 2.15. The second-order valence-corrected chi connectivity index (χ2v) is 5.39. The molecule has 7 nitrogen and oxygen atoms in total. The van der Waals surface area contributed by atoms with E-state index in [1.54, 1.807) is 27.5 Å². The fourth-order valence-corrected chi connectivity index (χ4v) is 2.32. The summed E-state index contributed by atoms with van der Waals surface area (Å²) < 4.78 is 3.48. The van der Waals surface area contributed by atoms with Crippen molar-refractivity contribution in [2.75, 3.05) is 7.05 Å². The van der Waals surface area contributed by atoms with Crippen LogP contribution >= 0.6 is 0 Å². The van der Waals surface area contributed by atoms with Crippen molar-refractivity contribution in [1.29, 1.82) is 0 Å². The van der Waals surface area contributed by atoms with E-state index in [-0.39, 0.29) is 12.1 Å². The second kappa shape index (κ2) is 5.99. The maximum Gasteiger partial charge on any atom is 0.317 e. The summed E-state index contributed by atoms with van der Waals surface area (Å²) in [6.07, 6.45) is 5.60. The van der Waals surface area contributed by atoms with Crippen LogP contribution in [-0.2, 0) is 20.6 Å². The lowest BCUT2D eigenvalue weighted by Gasteiger charge is -2.20. The van der Waals surface area contributed by atoms with Gasteiger partial charge in [0, 0.05) is 44.7 Å². The third-order valence-corrected chi connectivity index (χ3v) is 3.38. The number of carbonyl (C=O) groups excluding carboxylic acids is 1. The number of amides is 2. The first-order valence-electron chi connectivity index (χ1n) is 6.86. The molecule has 0 aliphatic carbocycles. The van der Waals surface area contributed by atoms with E-state index >= 15 is 0 Å². The molecule has 2 aromatic heterocycles. The van der Waals surface area contributed by atoms with Gasteiger partial charge in [-0.1, -0.05) is 0 Å². The summed E-state index contributed by atoms with van der Waals surface area (Å²) in [4.78, 5) is 13.9. The van der Waals surface area contributed by atoms with E-state index in [1.807, 2.05) is 40.3 Å². The predicted octanol–water partition coefficient (Wildman–Crippen LogP) is 1.36. The minimum atomic E-state index is -0.116. The first kappa shape index (κ1) is 15.1. The van der Waals surface area contributed by atoms with Crippen LogP contribution in [0.4, 0.5) is 4.79 Å². The zero-order valence-corrected chi connectivity index (χ0v) is 13.2. The van der Waals surface area contributed by atoms with Crippen LogP contribution in [0.3, 0.4) is 0 Å². The van der Waals surface area contributed by atoms with Gasteiger partial charge in [0.1, 0.15) is 0 Å². The van der Waals surface area contributed by atoms with Crippen LogP contribution in [-0.4, -0.2) is 37.5 Å². The van der Waals surface area contributed by atoms with Crippen LogP contribution < -0.4 is 5.32 Å². The van der Waals surface area contributed by atoms with Gasteiger partial charge in [0.25, 0.3) is 0 Å². The van der Waals surface area contributed by atoms with Crippen LogP contribution in [0, 0.1) is 6.92 Å². The number of nitrogens with zero attached hydrogens (tertiary/aromatic N) is 5. The molecule has 0 aromatic carbocycles. The highest BCUT2D eigenvalue weighted by Gasteiger charge is 2.17. The molecule has 1 unspecified atom stereocenters. The summed E-state index contributed by atoms with van der Waals surface area (Å²) >= 11 is 0. The Kier molecular flexibility index (Phi) is 4.30. The smallest absolute Gasteiger partial charge is 0.317 e. The molecular weight excluding hydrogens is 268 g/mol. The van der Waals surface area contributed by atoms with E-state index < -0.39 is 0 Å². The Morgan fingerprint density at radius 2 is 2.10 bits per heavy atom. The van der Waals surface area contributed by atoms with Gasteiger partial charge in [-0.2, -0.15) is 10.2 Å². The summed E-state index contributed by atoms with van der Waals surface area (Å²) in [7, 11) is 5.50. The van der Waals surface area contributed by atoms with Crippen molar-refractivity contribution in [2.24, 2.45) is 14.1 Å². The summed E-state index contributed by atoms with van der Waals surface area (Å²) in [5, 5.41) is 11.4. The van der Waals surface area contributed by atoms with Gasteiger partial charge in [0.2, 0.25) is 0 Å². The molecule has 0 saturated carbocycles. The average molecular weight is 290 g/mol. The monoisotopic (exact) mass is 290 g/mol. The molecule has 0 radical (unpaired) electrons. The molecule has 2 heterocycles. The number of urea groups is 1. The number of aromatic nitrogens is 4. The number of aryl methyl sites for hydroxylation is 3. The quantitative estimate of drug-likeness (QED) is 0.924. The average Bonchev–Trinajstić information content (AvgIpc) is 2.95. The molecule has 0 aliphatic heterocycles. The van der Waals surface area contributed by atoms with Gasteiger partial charge >= 0.3 is 6.03 Å². The molecule has 0 aliphatic rings. The van der Waals surface area contributed by atoms with Crippen LogP contribution in [0.15, 0.2) is 18.6 Å². The molecule has 21 heavy (non-hydrogen) atoms. The zero-order chi connectivity index (χ0) is 15.6. The van der Waals surface area contributed by atoms with E-state index in [1.165, 1.54) is 0 Å². The zero-order valence-electron chi connectivity index (χ0n) is 13.2. The van der Waals surface area contributed by atoms with Crippen molar-refractivity contribution in [3.8, 4) is 0 Å². The molecule has 2 aromatic rings. The fraction of sp³-hybridized carbons (Fsp3) is 0.500. The molecule has 0 bridgehead atoms. The fourth-order valence-electron chi connectivity index (χ4n) is 2.32. The maximum atomic E-state index is 12.2. The molecular formula is C14H22N6O. The first-order valence-corrected chi connectivity index (χ1v) is 6.86. The van der Waals surface area contributed by atoms with Crippen molar-refractivity contribution in [3.63, 3.8) is 0 Å². The Morgan fingerprint density at radius 1 is 1.38 bits per heavy atom. The van der Waals surface area contributed by atoms with Gasteiger partial charge in [-0.15, -0.1) is 0 Å². The lowest BCUT2D eigenvalue weighted by atomic mass is 10.1. The highest BCUT2D eigenvalue weighted by atomic mass is 16.2. The number of nitrogens with one attached hydrogen (secondary N) is 1. The van der Waals surface area contributed by atoms with E-state index in [2.05, 4.69) is 15.5 Å². The molecule has 1 N–H and O–H groups in total. The minimum Gasteiger partial charge on any atom is -0.331 e. The topological polar surface area (TPSA) is 68.0 Å². The van der Waals surface area contributed by atoms with Crippen LogP contribution in [0.1, 0.15) is 29.8 Å². The van der Waals surface area contributed by atoms with Crippen molar-refractivity contribution in [2.45, 2.75) is 26.4 Å². The molecule has 1 atom stereocenters. The Balaban J connectivity index is 1.95. The van der Waals surface area contributed by atoms with Gasteiger partial charge in [0.05, 0.1) is 24.5 Å². The third kappa shape index (κ3) is 3.62. The summed E-state index contributed by atoms with van der Waals surface area (Å²) in [6.45, 7) is 4.43. The normalized spacial score (nSPS) is 12.2. The van der Waals surface area contributed by atoms with Crippen LogP contribution in [0.25, 0.3) is 0 Å². The lowest BCUT2D eigenvalue weighted by molar-refractivity contribution is 0.203. The molecule has 7 heteroatoms. The van der Waals surface area contributed by atoms with Crippen LogP contribution in [0.2, 0.25) is 0 Å². The van der Waals surface area contributed by atoms with Gasteiger partial charge in [-0.05, 0) is 13.8 Å². The van der Waals surface area contributed by atoms with Gasteiger partial charge in [0.15, 0.2) is 0 Å². The summed E-state index contributed by atoms with van der Waals surface area (Å²) in [6, 6.07) is -0.197. The lowest BCUT2D eigenvalue weighted by Crippen LogP contribution is -2.38. The molecule has 2 amide bonds. The maximum absolute atomic E-state index is 12.2. The Bertz CT molecular complexity index is 629. The molecule has 0 fully saturated rings. The van der Waals surface area contributed by atoms with E-state index in [9.17, 15) is 4.79 Å². The molecule has 0 spiro atoms. The van der Waals surface area contributed by atoms with Crippen molar-refractivity contribution >= 4 is 6.03 Å². The van der Waals surface area contributed by atoms with Gasteiger partial charge < -0.3 is 10.2 Å². The first-order chi connectivity index (χ1) is 9.86. The predicted molar refractivity (Wildman–Crippen MR) is 79.6 cm³/mol. The van der Waals surface area contributed by atoms with E-state index in [0.29, 0.717) is 6.54 Å². The largest absolute Gasteiger partial charge is 0.331 e. The summed E-state index contributed by atoms with van der Waals surface area (Å²) in [5.41, 5.74) is 2.96. The molecule has 2 rings (SSSR count). The highest BCUT2D eigenvalue weighted by molar-refractivity contribution is 5.74. The molecule has 114 valence electrons. The van der Waals surface area contributed by atoms with Crippen molar-refractivity contribution in [3.05, 3.63) is 35.4 Å². The second-order valence-electron chi connectivity index (χ2n) is 5.39. The number of hydrogen-bond donors (Lipinski definition) is 1. The SMILES string of the molecule is Cc1nn(C)cc1C(C)NC(=O)N(C)Cc1cnn(C)c1. The third-order valence-electron chi connectivity index (χ3n) is 3.38. The van der Waals surface area contributed by atoms with Gasteiger partial charge in [-0.25, -0.2) is 4.79 Å². The number of hydrogen-bond acceptors (Lipinski definition) is 3. The standard InChI is InChI=1S/C14H22N6O/c1-10(13-9-20(5)17-11(13)2)16-14(21)18(3)7-12-6-15-19(4)8-12/h6,8-10H,7H2,1-5H3,(H,16,21). The van der Waals surface area contributed by atoms with E-state index in [4.69, 9.17) is 0 Å². The number of carbonyl (C=O) groups is 1. The van der Waals surface area contributed by atoms with Crippen molar-refractivity contribution in [1.82, 2.24) is 29.8 Å². The van der Waals surface area contributed by atoms with Gasteiger partial charge in [-0.3, -0.25) is 9.36 Å². The summed E-state index contributed by atoms with van der Waals surface area (Å²) in [5.74, 6) is 0. The molecule has 0 saturated heterocycles. The minimum absolute atomic E-state index is 0.0810. The Morgan fingerprint density at radius 3 is 2.62 bits per heavy atom. The Hall–Kier alpha value is -2.31.